The van der Waals surface area contributed by atoms with E-state index in [4.69, 9.17) is 19.3 Å². The molecule has 0 aromatic heterocycles. The summed E-state index contributed by atoms with van der Waals surface area (Å²) in [4.78, 5) is 30.4. The largest absolute Gasteiger partial charge is 0.498 e. The van der Waals surface area contributed by atoms with Crippen molar-refractivity contribution < 1.29 is 33.1 Å². The molecule has 0 radical (unpaired) electrons. The third-order valence-corrected chi connectivity index (χ3v) is 8.30. The molecule has 44 heavy (non-hydrogen) atoms. The average molecular weight is 645 g/mol. The maximum absolute atomic E-state index is 12.3. The van der Waals surface area contributed by atoms with Crippen LogP contribution in [-0.4, -0.2) is 35.1 Å². The van der Waals surface area contributed by atoms with E-state index < -0.39 is 26.5 Å². The summed E-state index contributed by atoms with van der Waals surface area (Å²) in [6, 6.07) is 0. The molecule has 8 heteroatoms. The van der Waals surface area contributed by atoms with E-state index in [0.717, 1.165) is 44.9 Å². The normalized spacial score (nSPS) is 12.8. The van der Waals surface area contributed by atoms with Gasteiger partial charge in [-0.2, -0.15) is 0 Å². The molecule has 0 saturated carbocycles. The minimum atomic E-state index is -4.66. The molecule has 0 aromatic carbocycles. The molecular formula is C36H69O7P. The first-order chi connectivity index (χ1) is 21.4. The summed E-state index contributed by atoms with van der Waals surface area (Å²) in [6.45, 7) is 4.07. The lowest BCUT2D eigenvalue weighted by atomic mass is 10.0. The molecule has 0 fully saturated rings. The average Bonchev–Trinajstić information content (AvgIpc) is 2.99. The molecule has 0 bridgehead atoms. The summed E-state index contributed by atoms with van der Waals surface area (Å²) in [6.07, 6.45) is 38.3. The van der Waals surface area contributed by atoms with Crippen molar-refractivity contribution in [2.75, 3.05) is 13.2 Å². The summed E-state index contributed by atoms with van der Waals surface area (Å²) >= 11 is 0. The predicted octanol–water partition coefficient (Wildman–Crippen LogP) is 11.3. The van der Waals surface area contributed by atoms with Crippen molar-refractivity contribution in [3.8, 4) is 0 Å². The third kappa shape index (κ3) is 35.3. The van der Waals surface area contributed by atoms with Gasteiger partial charge in [-0.25, -0.2) is 4.57 Å². The van der Waals surface area contributed by atoms with Gasteiger partial charge >= 0.3 is 13.8 Å². The van der Waals surface area contributed by atoms with Gasteiger partial charge in [-0.1, -0.05) is 142 Å². The second kappa shape index (κ2) is 33.2. The molecule has 7 nitrogen and oxygen atoms in total. The fourth-order valence-electron chi connectivity index (χ4n) is 5.11. The van der Waals surface area contributed by atoms with Gasteiger partial charge in [0.1, 0.15) is 6.61 Å². The Bertz CT molecular complexity index is 719. The van der Waals surface area contributed by atoms with Crippen LogP contribution in [0.4, 0.5) is 0 Å². The van der Waals surface area contributed by atoms with Crippen LogP contribution in [0.5, 0.6) is 0 Å². The third-order valence-electron chi connectivity index (χ3n) is 7.82. The van der Waals surface area contributed by atoms with Gasteiger partial charge in [0.15, 0.2) is 6.10 Å². The topological polar surface area (TPSA) is 102 Å². The Morgan fingerprint density at radius 2 is 1.00 bits per heavy atom. The minimum Gasteiger partial charge on any atom is -0.498 e. The van der Waals surface area contributed by atoms with Crippen molar-refractivity contribution in [2.45, 2.75) is 187 Å². The number of allylic oxidation sites excluding steroid dienone is 3. The van der Waals surface area contributed by atoms with Crippen LogP contribution < -0.4 is 0 Å². The Kier molecular flexibility index (Phi) is 32.4. The summed E-state index contributed by atoms with van der Waals surface area (Å²) in [5, 5.41) is 0. The molecule has 0 spiro atoms. The van der Waals surface area contributed by atoms with Gasteiger partial charge in [-0.05, 0) is 51.0 Å². The lowest BCUT2D eigenvalue weighted by Crippen LogP contribution is -2.27. The maximum atomic E-state index is 12.3. The molecule has 0 aliphatic heterocycles. The highest BCUT2D eigenvalue weighted by atomic mass is 31.2. The number of ether oxygens (including phenoxy) is 2. The van der Waals surface area contributed by atoms with Crippen LogP contribution in [0.25, 0.3) is 0 Å². The summed E-state index contributed by atoms with van der Waals surface area (Å²) in [7, 11) is -4.66. The maximum Gasteiger partial charge on any atom is 0.469 e. The SMILES string of the molecule is CCCCC/C=C\CCCCCCCC(=O)O[C@H](CO/C=C\CCCCCCCCCCCCCCCC)COP(=O)(O)O. The van der Waals surface area contributed by atoms with E-state index in [0.29, 0.717) is 0 Å². The number of carbonyl (C=O) groups is 1. The second-order valence-corrected chi connectivity index (χ2v) is 13.5. The highest BCUT2D eigenvalue weighted by Gasteiger charge is 2.21. The highest BCUT2D eigenvalue weighted by molar-refractivity contribution is 7.46. The molecule has 0 amide bonds. The fourth-order valence-corrected chi connectivity index (χ4v) is 5.47. The van der Waals surface area contributed by atoms with E-state index >= 15 is 0 Å². The number of unbranched alkanes of at least 4 members (excludes halogenated alkanes) is 22. The Hall–Kier alpha value is -1.14. The molecule has 0 heterocycles. The number of phosphoric ester groups is 1. The molecular weight excluding hydrogens is 575 g/mol. The molecule has 2 N–H and O–H groups in total. The van der Waals surface area contributed by atoms with Gasteiger partial charge in [-0.15, -0.1) is 0 Å². The van der Waals surface area contributed by atoms with E-state index in [1.165, 1.54) is 116 Å². The second-order valence-electron chi connectivity index (χ2n) is 12.3. The number of esters is 1. The van der Waals surface area contributed by atoms with E-state index in [9.17, 15) is 9.36 Å². The fraction of sp³-hybridized carbons (Fsp3) is 0.861. The number of hydrogen-bond donors (Lipinski definition) is 2. The van der Waals surface area contributed by atoms with Crippen molar-refractivity contribution in [2.24, 2.45) is 0 Å². The molecule has 0 aliphatic carbocycles. The van der Waals surface area contributed by atoms with E-state index in [2.05, 4.69) is 30.5 Å². The summed E-state index contributed by atoms with van der Waals surface area (Å²) in [5.41, 5.74) is 0. The molecule has 260 valence electrons. The Balaban J connectivity index is 3.89. The Morgan fingerprint density at radius 1 is 0.591 bits per heavy atom. The first-order valence-corrected chi connectivity index (χ1v) is 19.7. The lowest BCUT2D eigenvalue weighted by Gasteiger charge is -2.18. The monoisotopic (exact) mass is 644 g/mol. The van der Waals surface area contributed by atoms with Gasteiger partial charge in [-0.3, -0.25) is 9.32 Å². The standard InChI is InChI=1S/C36H69O7P/c1-3-5-7-9-11-13-15-17-18-19-20-22-24-26-28-30-32-41-33-35(34-42-44(38,39)40)43-36(37)31-29-27-25-23-21-16-14-12-10-8-6-4-2/h12,14,30,32,35H,3-11,13,15-29,31,33-34H2,1-2H3,(H2,38,39,40)/b14-12-,32-30-/t35-/m1/s1. The van der Waals surface area contributed by atoms with Gasteiger partial charge in [0.25, 0.3) is 0 Å². The Labute approximate surface area is 271 Å². The first kappa shape index (κ1) is 42.9. The van der Waals surface area contributed by atoms with Crippen LogP contribution >= 0.6 is 7.82 Å². The van der Waals surface area contributed by atoms with Crippen LogP contribution in [0.15, 0.2) is 24.5 Å². The predicted molar refractivity (Wildman–Crippen MR) is 183 cm³/mol. The van der Waals surface area contributed by atoms with Crippen molar-refractivity contribution in [1.82, 2.24) is 0 Å². The number of rotatable bonds is 34. The zero-order valence-electron chi connectivity index (χ0n) is 28.6. The summed E-state index contributed by atoms with van der Waals surface area (Å²) in [5.74, 6) is -0.394. The first-order valence-electron chi connectivity index (χ1n) is 18.2. The van der Waals surface area contributed by atoms with Crippen LogP contribution in [0.1, 0.15) is 181 Å². The van der Waals surface area contributed by atoms with Gasteiger partial charge in [0.05, 0.1) is 12.9 Å². The number of hydrogen-bond acceptors (Lipinski definition) is 5. The van der Waals surface area contributed by atoms with Crippen LogP contribution in [0, 0.1) is 0 Å². The van der Waals surface area contributed by atoms with Crippen molar-refractivity contribution in [1.29, 1.82) is 0 Å². The Morgan fingerprint density at radius 3 is 1.50 bits per heavy atom. The molecule has 0 aliphatic rings. The number of phosphoric acid groups is 1. The van der Waals surface area contributed by atoms with Crippen molar-refractivity contribution >= 4 is 13.8 Å². The zero-order valence-corrected chi connectivity index (χ0v) is 29.5. The van der Waals surface area contributed by atoms with Gasteiger partial charge in [0, 0.05) is 6.42 Å². The highest BCUT2D eigenvalue weighted by Crippen LogP contribution is 2.35. The lowest BCUT2D eigenvalue weighted by molar-refractivity contribution is -0.153. The quantitative estimate of drug-likeness (QED) is 0.0236. The molecule has 0 saturated heterocycles. The van der Waals surface area contributed by atoms with Crippen LogP contribution in [-0.2, 0) is 23.4 Å². The smallest absolute Gasteiger partial charge is 0.469 e. The summed E-state index contributed by atoms with van der Waals surface area (Å²) < 4.78 is 26.6. The van der Waals surface area contributed by atoms with E-state index in [1.54, 1.807) is 6.26 Å². The molecule has 1 atom stereocenters. The molecule has 0 rings (SSSR count). The van der Waals surface area contributed by atoms with Gasteiger partial charge in [0.2, 0.25) is 0 Å². The van der Waals surface area contributed by atoms with Gasteiger partial charge < -0.3 is 19.3 Å². The molecule has 0 unspecified atom stereocenters. The minimum absolute atomic E-state index is 0.00700. The zero-order chi connectivity index (χ0) is 32.4. The van der Waals surface area contributed by atoms with Crippen molar-refractivity contribution in [3.05, 3.63) is 24.5 Å². The van der Waals surface area contributed by atoms with E-state index in [1.807, 2.05) is 6.08 Å². The number of carbonyl (C=O) groups excluding carboxylic acids is 1. The van der Waals surface area contributed by atoms with Crippen LogP contribution in [0.3, 0.4) is 0 Å². The van der Waals surface area contributed by atoms with E-state index in [-0.39, 0.29) is 13.0 Å². The van der Waals surface area contributed by atoms with Crippen LogP contribution in [0.2, 0.25) is 0 Å². The molecule has 0 aromatic rings. The van der Waals surface area contributed by atoms with Crippen molar-refractivity contribution in [3.63, 3.8) is 0 Å².